The van der Waals surface area contributed by atoms with E-state index in [1.54, 1.807) is 24.0 Å². The van der Waals surface area contributed by atoms with Gasteiger partial charge in [-0.2, -0.15) is 10.2 Å². The molecule has 24 heavy (non-hydrogen) atoms. The van der Waals surface area contributed by atoms with Crippen LogP contribution in [0.5, 0.6) is 0 Å². The van der Waals surface area contributed by atoms with Crippen LogP contribution in [-0.4, -0.2) is 25.5 Å². The van der Waals surface area contributed by atoms with Crippen LogP contribution < -0.4 is 5.32 Å². The second-order valence-corrected chi connectivity index (χ2v) is 6.09. The van der Waals surface area contributed by atoms with Gasteiger partial charge in [-0.05, 0) is 25.0 Å². The third kappa shape index (κ3) is 3.65. The Balaban J connectivity index is 1.65. The molecule has 0 fully saturated rings. The molecule has 3 aromatic rings. The number of hydrogen-bond acceptors (Lipinski definition) is 3. The van der Waals surface area contributed by atoms with Crippen LogP contribution in [-0.2, 0) is 11.3 Å². The van der Waals surface area contributed by atoms with E-state index in [0.29, 0.717) is 17.3 Å². The van der Waals surface area contributed by atoms with E-state index in [0.717, 1.165) is 0 Å². The van der Waals surface area contributed by atoms with Crippen LogP contribution in [0.15, 0.2) is 49.1 Å². The van der Waals surface area contributed by atoms with Gasteiger partial charge in [0.2, 0.25) is 5.91 Å². The molecule has 0 saturated heterocycles. The van der Waals surface area contributed by atoms with Crippen LogP contribution >= 0.6 is 11.6 Å². The number of amides is 1. The van der Waals surface area contributed by atoms with Crippen LogP contribution in [0.2, 0.25) is 5.02 Å². The molecular formula is C17H18ClN5O. The molecule has 2 heterocycles. The van der Waals surface area contributed by atoms with Gasteiger partial charge < -0.3 is 5.32 Å². The molecule has 0 aliphatic carbocycles. The third-order valence-corrected chi connectivity index (χ3v) is 4.04. The number of nitrogens with one attached hydrogen (secondary N) is 1. The van der Waals surface area contributed by atoms with Crippen LogP contribution in [0.3, 0.4) is 0 Å². The lowest BCUT2D eigenvalue weighted by Gasteiger charge is -2.11. The Morgan fingerprint density at radius 3 is 2.75 bits per heavy atom. The number of nitrogens with zero attached hydrogens (tertiary/aromatic N) is 4. The van der Waals surface area contributed by atoms with E-state index in [9.17, 15) is 4.79 Å². The lowest BCUT2D eigenvalue weighted by molar-refractivity contribution is -0.119. The Morgan fingerprint density at radius 1 is 1.25 bits per heavy atom. The second kappa shape index (κ2) is 6.88. The van der Waals surface area contributed by atoms with Crippen LogP contribution in [0.4, 0.5) is 5.69 Å². The summed E-state index contributed by atoms with van der Waals surface area (Å²) >= 11 is 5.83. The van der Waals surface area contributed by atoms with Gasteiger partial charge in [0.25, 0.3) is 0 Å². The highest BCUT2D eigenvalue weighted by atomic mass is 35.5. The van der Waals surface area contributed by atoms with Crippen molar-refractivity contribution in [3.63, 3.8) is 0 Å². The number of carbonyl (C=O) groups excluding carboxylic acids is 1. The van der Waals surface area contributed by atoms with E-state index in [4.69, 9.17) is 11.6 Å². The molecule has 0 saturated carbocycles. The summed E-state index contributed by atoms with van der Waals surface area (Å²) in [6.45, 7) is 4.49. The SMILES string of the molecule is Cc1ccccc1Cn1cc(NC(=O)C(C)n2cc(Cl)cn2)cn1. The zero-order valence-corrected chi connectivity index (χ0v) is 14.2. The molecule has 1 unspecified atom stereocenters. The molecule has 0 aliphatic heterocycles. The van der Waals surface area contributed by atoms with E-state index < -0.39 is 6.04 Å². The number of hydrogen-bond donors (Lipinski definition) is 1. The number of rotatable bonds is 5. The summed E-state index contributed by atoms with van der Waals surface area (Å²) in [6, 6.07) is 7.69. The molecule has 0 spiro atoms. The monoisotopic (exact) mass is 343 g/mol. The topological polar surface area (TPSA) is 64.7 Å². The maximum atomic E-state index is 12.3. The number of anilines is 1. The minimum absolute atomic E-state index is 0.176. The van der Waals surface area contributed by atoms with E-state index in [-0.39, 0.29) is 5.91 Å². The predicted octanol–water partition coefficient (Wildman–Crippen LogP) is 3.29. The van der Waals surface area contributed by atoms with Crippen molar-refractivity contribution in [2.75, 3.05) is 5.32 Å². The Labute approximate surface area is 145 Å². The van der Waals surface area contributed by atoms with E-state index in [2.05, 4.69) is 34.6 Å². The average molecular weight is 344 g/mol. The van der Waals surface area contributed by atoms with Gasteiger partial charge in [0.1, 0.15) is 6.04 Å². The van der Waals surface area contributed by atoms with Crippen molar-refractivity contribution in [3.05, 3.63) is 65.2 Å². The zero-order chi connectivity index (χ0) is 17.1. The highest BCUT2D eigenvalue weighted by molar-refractivity contribution is 6.30. The second-order valence-electron chi connectivity index (χ2n) is 5.66. The summed E-state index contributed by atoms with van der Waals surface area (Å²) in [5, 5.41) is 11.7. The predicted molar refractivity (Wildman–Crippen MR) is 93.1 cm³/mol. The minimum atomic E-state index is -0.461. The third-order valence-electron chi connectivity index (χ3n) is 3.84. The van der Waals surface area contributed by atoms with Crippen molar-refractivity contribution in [3.8, 4) is 0 Å². The lowest BCUT2D eigenvalue weighted by atomic mass is 10.1. The van der Waals surface area contributed by atoms with Crippen molar-refractivity contribution < 1.29 is 4.79 Å². The van der Waals surface area contributed by atoms with Crippen LogP contribution in [0.25, 0.3) is 0 Å². The summed E-state index contributed by atoms with van der Waals surface area (Å²) in [7, 11) is 0. The van der Waals surface area contributed by atoms with Gasteiger partial charge in [0.05, 0.1) is 29.6 Å². The molecule has 3 rings (SSSR count). The highest BCUT2D eigenvalue weighted by Gasteiger charge is 2.16. The van der Waals surface area contributed by atoms with E-state index in [1.807, 2.05) is 18.3 Å². The Morgan fingerprint density at radius 2 is 2.04 bits per heavy atom. The van der Waals surface area contributed by atoms with Gasteiger partial charge >= 0.3 is 0 Å². The van der Waals surface area contributed by atoms with Crippen molar-refractivity contribution >= 4 is 23.2 Å². The smallest absolute Gasteiger partial charge is 0.249 e. The van der Waals surface area contributed by atoms with Crippen molar-refractivity contribution in [2.45, 2.75) is 26.4 Å². The summed E-state index contributed by atoms with van der Waals surface area (Å²) in [6.07, 6.45) is 6.57. The molecule has 7 heteroatoms. The normalized spacial score (nSPS) is 12.1. The summed E-state index contributed by atoms with van der Waals surface area (Å²) in [5.41, 5.74) is 3.06. The molecule has 2 aromatic heterocycles. The summed E-state index contributed by atoms with van der Waals surface area (Å²) in [5.74, 6) is -0.176. The molecule has 0 radical (unpaired) electrons. The molecular weight excluding hydrogens is 326 g/mol. The molecule has 124 valence electrons. The fraction of sp³-hybridized carbons (Fsp3) is 0.235. The Bertz CT molecular complexity index is 854. The number of carbonyl (C=O) groups is 1. The minimum Gasteiger partial charge on any atom is -0.322 e. The summed E-state index contributed by atoms with van der Waals surface area (Å²) < 4.78 is 3.32. The first kappa shape index (κ1) is 16.3. The molecule has 1 atom stereocenters. The molecule has 0 aliphatic rings. The fourth-order valence-corrected chi connectivity index (χ4v) is 2.51. The molecule has 1 N–H and O–H groups in total. The van der Waals surface area contributed by atoms with Crippen molar-refractivity contribution in [2.24, 2.45) is 0 Å². The van der Waals surface area contributed by atoms with Crippen molar-refractivity contribution in [1.29, 1.82) is 0 Å². The Hall–Kier alpha value is -2.60. The van der Waals surface area contributed by atoms with Gasteiger partial charge in [-0.25, -0.2) is 0 Å². The van der Waals surface area contributed by atoms with E-state index in [1.165, 1.54) is 22.0 Å². The average Bonchev–Trinajstić information content (AvgIpc) is 3.18. The molecule has 6 nitrogen and oxygen atoms in total. The quantitative estimate of drug-likeness (QED) is 0.773. The zero-order valence-electron chi connectivity index (χ0n) is 13.5. The van der Waals surface area contributed by atoms with Gasteiger partial charge in [-0.15, -0.1) is 0 Å². The van der Waals surface area contributed by atoms with Crippen molar-refractivity contribution in [1.82, 2.24) is 19.6 Å². The molecule has 1 amide bonds. The first-order chi connectivity index (χ1) is 11.5. The first-order valence-corrected chi connectivity index (χ1v) is 7.98. The molecule has 0 bridgehead atoms. The van der Waals surface area contributed by atoms with Gasteiger partial charge in [-0.3, -0.25) is 14.2 Å². The number of halogens is 1. The number of aromatic nitrogens is 4. The largest absolute Gasteiger partial charge is 0.322 e. The van der Waals surface area contributed by atoms with Crippen LogP contribution in [0.1, 0.15) is 24.1 Å². The number of aryl methyl sites for hydroxylation is 1. The lowest BCUT2D eigenvalue weighted by Crippen LogP contribution is -2.23. The fourth-order valence-electron chi connectivity index (χ4n) is 2.37. The van der Waals surface area contributed by atoms with Crippen LogP contribution in [0, 0.1) is 6.92 Å². The standard InChI is InChI=1S/C17H18ClN5O/c1-12-5-3-4-6-14(12)9-22-11-16(8-19-22)21-17(24)13(2)23-10-15(18)7-20-23/h3-8,10-11,13H,9H2,1-2H3,(H,21,24). The number of benzene rings is 1. The maximum Gasteiger partial charge on any atom is 0.249 e. The Kier molecular flexibility index (Phi) is 4.66. The first-order valence-electron chi connectivity index (χ1n) is 7.60. The maximum absolute atomic E-state index is 12.3. The van der Waals surface area contributed by atoms with Gasteiger partial charge in [0.15, 0.2) is 0 Å². The van der Waals surface area contributed by atoms with Gasteiger partial charge in [0, 0.05) is 12.4 Å². The van der Waals surface area contributed by atoms with E-state index >= 15 is 0 Å². The summed E-state index contributed by atoms with van der Waals surface area (Å²) in [4.78, 5) is 12.3. The molecule has 1 aromatic carbocycles. The van der Waals surface area contributed by atoms with Gasteiger partial charge in [-0.1, -0.05) is 35.9 Å². The highest BCUT2D eigenvalue weighted by Crippen LogP contribution is 2.15.